The summed E-state index contributed by atoms with van der Waals surface area (Å²) in [5, 5.41) is 8.67. The molecule has 1 saturated carbocycles. The zero-order chi connectivity index (χ0) is 15.0. The van der Waals surface area contributed by atoms with Gasteiger partial charge >= 0.3 is 5.97 Å². The smallest absolute Gasteiger partial charge is 0.303 e. The molecule has 2 aliphatic rings. The number of carbonyl (C=O) groups excluding carboxylic acids is 1. The summed E-state index contributed by atoms with van der Waals surface area (Å²) in [6.45, 7) is 3.25. The summed E-state index contributed by atoms with van der Waals surface area (Å²) >= 11 is 0. The Kier molecular flexibility index (Phi) is 3.57. The average molecular weight is 289 g/mol. The van der Waals surface area contributed by atoms with Gasteiger partial charge in [-0.2, -0.15) is 0 Å². The summed E-state index contributed by atoms with van der Waals surface area (Å²) in [6, 6.07) is 3.86. The largest absolute Gasteiger partial charge is 0.481 e. The van der Waals surface area contributed by atoms with Gasteiger partial charge in [0.1, 0.15) is 11.5 Å². The molecule has 3 rings (SSSR count). The van der Waals surface area contributed by atoms with Gasteiger partial charge in [0, 0.05) is 31.0 Å². The fourth-order valence-corrected chi connectivity index (χ4v) is 2.76. The van der Waals surface area contributed by atoms with E-state index in [2.05, 4.69) is 6.92 Å². The van der Waals surface area contributed by atoms with Crippen LogP contribution < -0.4 is 0 Å². The molecule has 2 fully saturated rings. The topological polar surface area (TPSA) is 70.8 Å². The molecule has 1 amide bonds. The van der Waals surface area contributed by atoms with E-state index < -0.39 is 5.97 Å². The highest BCUT2D eigenvalue weighted by Gasteiger charge is 2.36. The highest BCUT2D eigenvalue weighted by Crippen LogP contribution is 2.47. The number of aliphatic carboxylic acids is 1. The van der Waals surface area contributed by atoms with E-state index in [1.807, 2.05) is 12.1 Å². The van der Waals surface area contributed by atoms with Crippen molar-refractivity contribution in [3.63, 3.8) is 0 Å². The number of hydrogen-bond donors (Lipinski definition) is 1. The number of hydrogen-bond acceptors (Lipinski definition) is 3. The second kappa shape index (κ2) is 5.39. The zero-order valence-electron chi connectivity index (χ0n) is 12.0. The maximum atomic E-state index is 11.9. The highest BCUT2D eigenvalue weighted by molar-refractivity contribution is 5.92. The van der Waals surface area contributed by atoms with E-state index in [1.54, 1.807) is 11.0 Å². The van der Waals surface area contributed by atoms with Gasteiger partial charge < -0.3 is 14.4 Å². The Labute approximate surface area is 123 Å². The first-order chi connectivity index (χ1) is 10.0. The first-order valence-electron chi connectivity index (χ1n) is 7.31. The second-order valence-electron chi connectivity index (χ2n) is 6.10. The van der Waals surface area contributed by atoms with Gasteiger partial charge in [-0.1, -0.05) is 6.92 Å². The van der Waals surface area contributed by atoms with E-state index in [-0.39, 0.29) is 18.2 Å². The lowest BCUT2D eigenvalue weighted by Crippen LogP contribution is -2.49. The van der Waals surface area contributed by atoms with Crippen molar-refractivity contribution >= 4 is 18.0 Å². The number of carbonyl (C=O) groups is 2. The maximum absolute atomic E-state index is 11.9. The van der Waals surface area contributed by atoms with Gasteiger partial charge in [-0.25, -0.2) is 0 Å². The second-order valence-corrected chi connectivity index (χ2v) is 6.10. The van der Waals surface area contributed by atoms with Crippen molar-refractivity contribution < 1.29 is 19.1 Å². The zero-order valence-corrected chi connectivity index (χ0v) is 12.0. The van der Waals surface area contributed by atoms with E-state index in [0.29, 0.717) is 30.7 Å². The predicted molar refractivity (Wildman–Crippen MR) is 76.6 cm³/mol. The molecule has 1 aliphatic heterocycles. The van der Waals surface area contributed by atoms with Crippen LogP contribution in [0.2, 0.25) is 0 Å². The number of nitrogens with zero attached hydrogens (tertiary/aromatic N) is 1. The Bertz CT molecular complexity index is 583. The molecule has 21 heavy (non-hydrogen) atoms. The lowest BCUT2D eigenvalue weighted by Gasteiger charge is -2.37. The number of carboxylic acids is 1. The first-order valence-corrected chi connectivity index (χ1v) is 7.31. The van der Waals surface area contributed by atoms with E-state index in [0.717, 1.165) is 5.76 Å². The molecule has 1 N–H and O–H groups in total. The maximum Gasteiger partial charge on any atom is 0.303 e. The van der Waals surface area contributed by atoms with E-state index >= 15 is 0 Å². The lowest BCUT2D eigenvalue weighted by molar-refractivity contribution is -0.143. The normalized spacial score (nSPS) is 25.1. The molecular weight excluding hydrogens is 270 g/mol. The molecule has 0 bridgehead atoms. The van der Waals surface area contributed by atoms with Gasteiger partial charge in [0.25, 0.3) is 0 Å². The van der Waals surface area contributed by atoms with Crippen LogP contribution in [0.15, 0.2) is 22.6 Å². The number of carboxylic acid groups (broad SMARTS) is 1. The quantitative estimate of drug-likeness (QED) is 0.845. The van der Waals surface area contributed by atoms with Crippen LogP contribution in [-0.4, -0.2) is 35.0 Å². The van der Waals surface area contributed by atoms with Crippen molar-refractivity contribution in [2.75, 3.05) is 13.1 Å². The molecule has 1 aromatic rings. The molecule has 2 unspecified atom stereocenters. The summed E-state index contributed by atoms with van der Waals surface area (Å²) in [5.41, 5.74) is 0. The molecule has 1 aliphatic carbocycles. The van der Waals surface area contributed by atoms with Crippen molar-refractivity contribution in [2.45, 2.75) is 25.7 Å². The molecule has 0 aromatic carbocycles. The van der Waals surface area contributed by atoms with Gasteiger partial charge in [-0.05, 0) is 30.5 Å². The third-order valence-corrected chi connectivity index (χ3v) is 4.24. The van der Waals surface area contributed by atoms with E-state index in [4.69, 9.17) is 9.52 Å². The first kappa shape index (κ1) is 13.9. The van der Waals surface area contributed by atoms with Gasteiger partial charge in [0.05, 0.1) is 6.42 Å². The van der Waals surface area contributed by atoms with Gasteiger partial charge in [-0.15, -0.1) is 0 Å². The Morgan fingerprint density at radius 2 is 2.14 bits per heavy atom. The van der Waals surface area contributed by atoms with Crippen LogP contribution in [0.1, 0.15) is 37.2 Å². The molecule has 112 valence electrons. The number of amides is 1. The third kappa shape index (κ3) is 3.17. The number of likely N-dealkylation sites (tertiary alicyclic amines) is 1. The van der Waals surface area contributed by atoms with Crippen LogP contribution in [0, 0.1) is 11.8 Å². The minimum absolute atomic E-state index is 0.0885. The minimum atomic E-state index is -0.805. The monoisotopic (exact) mass is 289 g/mol. The fraction of sp³-hybridized carbons (Fsp3) is 0.500. The van der Waals surface area contributed by atoms with Gasteiger partial charge in [0.15, 0.2) is 0 Å². The standard InChI is InChI=1S/C16H19NO4/c1-10-6-13(10)14-4-2-12(21-14)3-5-15(18)17-8-11(9-17)7-16(19)20/h2-5,10-11,13H,6-9H2,1H3,(H,19,20). The Hall–Kier alpha value is -2.04. The summed E-state index contributed by atoms with van der Waals surface area (Å²) in [7, 11) is 0. The van der Waals surface area contributed by atoms with E-state index in [1.165, 1.54) is 12.5 Å². The predicted octanol–water partition coefficient (Wildman–Crippen LogP) is 2.35. The molecule has 2 atom stereocenters. The minimum Gasteiger partial charge on any atom is -0.481 e. The fourth-order valence-electron chi connectivity index (χ4n) is 2.76. The molecule has 1 aromatic heterocycles. The highest BCUT2D eigenvalue weighted by atomic mass is 16.4. The number of rotatable bonds is 5. The summed E-state index contributed by atoms with van der Waals surface area (Å²) in [5.74, 6) is 2.12. The van der Waals surface area contributed by atoms with Crippen LogP contribution in [-0.2, 0) is 9.59 Å². The van der Waals surface area contributed by atoms with Crippen molar-refractivity contribution in [3.05, 3.63) is 29.7 Å². The van der Waals surface area contributed by atoms with Crippen molar-refractivity contribution in [1.29, 1.82) is 0 Å². The van der Waals surface area contributed by atoms with Crippen LogP contribution in [0.3, 0.4) is 0 Å². The van der Waals surface area contributed by atoms with Crippen molar-refractivity contribution in [3.8, 4) is 0 Å². The third-order valence-electron chi connectivity index (χ3n) is 4.24. The van der Waals surface area contributed by atoms with Crippen LogP contribution >= 0.6 is 0 Å². The summed E-state index contributed by atoms with van der Waals surface area (Å²) in [4.78, 5) is 24.1. The molecular formula is C16H19NO4. The van der Waals surface area contributed by atoms with Crippen molar-refractivity contribution in [1.82, 2.24) is 4.90 Å². The van der Waals surface area contributed by atoms with Crippen LogP contribution in [0.25, 0.3) is 6.08 Å². The molecule has 1 saturated heterocycles. The molecule has 0 spiro atoms. The molecule has 0 radical (unpaired) electrons. The molecule has 5 heteroatoms. The summed E-state index contributed by atoms with van der Waals surface area (Å²) in [6.07, 6.45) is 4.49. The Morgan fingerprint density at radius 3 is 2.76 bits per heavy atom. The van der Waals surface area contributed by atoms with Gasteiger partial charge in [-0.3, -0.25) is 9.59 Å². The van der Waals surface area contributed by atoms with Crippen LogP contribution in [0.4, 0.5) is 0 Å². The van der Waals surface area contributed by atoms with Gasteiger partial charge in [0.2, 0.25) is 5.91 Å². The van der Waals surface area contributed by atoms with Crippen LogP contribution in [0.5, 0.6) is 0 Å². The average Bonchev–Trinajstić information content (AvgIpc) is 2.93. The molecule has 2 heterocycles. The molecule has 5 nitrogen and oxygen atoms in total. The SMILES string of the molecule is CC1CC1c1ccc(C=CC(=O)N2CC(CC(=O)O)C2)o1. The Morgan fingerprint density at radius 1 is 1.43 bits per heavy atom. The summed E-state index contributed by atoms with van der Waals surface area (Å²) < 4.78 is 5.70. The van der Waals surface area contributed by atoms with Crippen molar-refractivity contribution in [2.24, 2.45) is 11.8 Å². The Balaban J connectivity index is 1.49. The lowest BCUT2D eigenvalue weighted by atomic mass is 9.96. The number of furan rings is 1. The van der Waals surface area contributed by atoms with E-state index in [9.17, 15) is 9.59 Å².